The van der Waals surface area contributed by atoms with Crippen LogP contribution in [0.4, 0.5) is 4.79 Å². The van der Waals surface area contributed by atoms with Gasteiger partial charge in [-0.05, 0) is 51.7 Å². The number of nitrogens with one attached hydrogen (secondary N) is 5. The zero-order chi connectivity index (χ0) is 20.9. The van der Waals surface area contributed by atoms with Crippen LogP contribution in [0.15, 0.2) is 65.6 Å². The first kappa shape index (κ1) is 19.9. The van der Waals surface area contributed by atoms with Gasteiger partial charge in [-0.1, -0.05) is 18.2 Å². The molecule has 3 aromatic rings. The van der Waals surface area contributed by atoms with E-state index < -0.39 is 0 Å². The van der Waals surface area contributed by atoms with E-state index in [1.807, 2.05) is 42.6 Å². The van der Waals surface area contributed by atoms with Crippen molar-refractivity contribution in [2.45, 2.75) is 18.0 Å². The molecular formula is C21H24N7OS+. The summed E-state index contributed by atoms with van der Waals surface area (Å²) in [6.07, 6.45) is 3.55. The molecule has 9 heteroatoms. The van der Waals surface area contributed by atoms with Crippen molar-refractivity contribution in [3.05, 3.63) is 87.9 Å². The van der Waals surface area contributed by atoms with Gasteiger partial charge in [0.05, 0.1) is 17.6 Å². The van der Waals surface area contributed by atoms with Crippen molar-refractivity contribution in [2.75, 3.05) is 7.05 Å². The van der Waals surface area contributed by atoms with Crippen molar-refractivity contribution >= 4 is 23.2 Å². The number of urea groups is 1. The number of amides is 2. The average Bonchev–Trinajstić information content (AvgIpc) is 3.32. The zero-order valence-electron chi connectivity index (χ0n) is 16.4. The molecule has 2 amide bonds. The van der Waals surface area contributed by atoms with Crippen LogP contribution in [0.1, 0.15) is 40.3 Å². The van der Waals surface area contributed by atoms with Crippen molar-refractivity contribution in [1.82, 2.24) is 26.5 Å². The Bertz CT molecular complexity index is 1010. The van der Waals surface area contributed by atoms with Crippen LogP contribution in [0.25, 0.3) is 0 Å². The predicted molar refractivity (Wildman–Crippen MR) is 116 cm³/mol. The molecule has 3 atom stereocenters. The van der Waals surface area contributed by atoms with E-state index in [1.54, 1.807) is 24.6 Å². The summed E-state index contributed by atoms with van der Waals surface area (Å²) < 4.78 is 0. The topological polar surface area (TPSA) is 118 Å². The molecule has 7 N–H and O–H groups in total. The quantitative estimate of drug-likeness (QED) is 0.154. The normalized spacial score (nSPS) is 21.6. The highest BCUT2D eigenvalue weighted by molar-refractivity contribution is 7.08. The molecule has 0 radical (unpaired) electrons. The molecule has 30 heavy (non-hydrogen) atoms. The molecule has 3 heterocycles. The van der Waals surface area contributed by atoms with Crippen LogP contribution in [0.2, 0.25) is 0 Å². The third-order valence-corrected chi connectivity index (χ3v) is 5.92. The Morgan fingerprint density at radius 3 is 2.47 bits per heavy atom. The Hall–Kier alpha value is -3.43. The summed E-state index contributed by atoms with van der Waals surface area (Å²) in [5.74, 6) is 6.26. The van der Waals surface area contributed by atoms with Gasteiger partial charge in [-0.3, -0.25) is 10.8 Å². The number of hydrazone groups is 1. The van der Waals surface area contributed by atoms with E-state index in [-0.39, 0.29) is 24.0 Å². The molecule has 1 aliphatic rings. The fraction of sp³-hybridized carbons (Fsp3) is 0.190. The van der Waals surface area contributed by atoms with E-state index in [0.29, 0.717) is 5.84 Å². The molecule has 1 aliphatic heterocycles. The van der Waals surface area contributed by atoms with Gasteiger partial charge in [0, 0.05) is 25.4 Å². The van der Waals surface area contributed by atoms with Gasteiger partial charge in [0.15, 0.2) is 0 Å². The van der Waals surface area contributed by atoms with Crippen molar-refractivity contribution in [3.8, 4) is 0 Å². The zero-order valence-corrected chi connectivity index (χ0v) is 17.2. The SMILES string of the molecule is CNNC(=[NH+]N)c1ccc(C2NC(=O)NC(c3cccnc3)C2c2ccsc2)cc1. The fourth-order valence-corrected chi connectivity index (χ4v) is 4.57. The minimum absolute atomic E-state index is 0.00974. The number of hydrazine groups is 2. The summed E-state index contributed by atoms with van der Waals surface area (Å²) in [5, 5.41) is 13.0. The number of amidine groups is 1. The van der Waals surface area contributed by atoms with Gasteiger partial charge in [-0.2, -0.15) is 27.3 Å². The first-order valence-electron chi connectivity index (χ1n) is 9.57. The predicted octanol–water partition coefficient (Wildman–Crippen LogP) is 0.447. The molecule has 0 aliphatic carbocycles. The van der Waals surface area contributed by atoms with E-state index in [2.05, 4.69) is 48.4 Å². The Kier molecular flexibility index (Phi) is 5.92. The molecule has 1 saturated heterocycles. The third kappa shape index (κ3) is 3.98. The summed E-state index contributed by atoms with van der Waals surface area (Å²) >= 11 is 1.65. The lowest BCUT2D eigenvalue weighted by atomic mass is 9.79. The Morgan fingerprint density at radius 1 is 1.10 bits per heavy atom. The number of nitrogens with two attached hydrogens (primary N) is 1. The maximum Gasteiger partial charge on any atom is 0.315 e. The molecule has 0 saturated carbocycles. The number of rotatable bonds is 5. The summed E-state index contributed by atoms with van der Waals surface area (Å²) in [6.45, 7) is 0. The summed E-state index contributed by atoms with van der Waals surface area (Å²) in [6, 6.07) is 13.4. The number of hydrogen-bond acceptors (Lipinski definition) is 5. The van der Waals surface area contributed by atoms with Gasteiger partial charge in [0.2, 0.25) is 0 Å². The lowest BCUT2D eigenvalue weighted by molar-refractivity contribution is -0.471. The molecule has 154 valence electrons. The highest BCUT2D eigenvalue weighted by Crippen LogP contribution is 2.43. The van der Waals surface area contributed by atoms with E-state index in [4.69, 9.17) is 5.84 Å². The smallest absolute Gasteiger partial charge is 0.315 e. The van der Waals surface area contributed by atoms with Crippen LogP contribution in [0.3, 0.4) is 0 Å². The van der Waals surface area contributed by atoms with Crippen LogP contribution < -0.4 is 32.4 Å². The molecule has 1 fully saturated rings. The average molecular weight is 423 g/mol. The van der Waals surface area contributed by atoms with Gasteiger partial charge >= 0.3 is 11.9 Å². The maximum atomic E-state index is 12.6. The number of carbonyl (C=O) groups excluding carboxylic acids is 1. The number of carbonyl (C=O) groups is 1. The number of aromatic nitrogens is 1. The number of nitrogens with zero attached hydrogens (tertiary/aromatic N) is 1. The largest absolute Gasteiger partial charge is 0.331 e. The first-order chi connectivity index (χ1) is 14.7. The van der Waals surface area contributed by atoms with Crippen LogP contribution in [-0.4, -0.2) is 23.9 Å². The van der Waals surface area contributed by atoms with E-state index >= 15 is 0 Å². The number of thiophene rings is 1. The molecule has 0 spiro atoms. The second-order valence-corrected chi connectivity index (χ2v) is 7.74. The molecule has 1 aromatic carbocycles. The number of benzene rings is 1. The Balaban J connectivity index is 1.72. The monoisotopic (exact) mass is 422 g/mol. The minimum atomic E-state index is -0.197. The second-order valence-electron chi connectivity index (χ2n) is 6.96. The summed E-state index contributed by atoms with van der Waals surface area (Å²) in [5.41, 5.74) is 9.87. The van der Waals surface area contributed by atoms with E-state index in [0.717, 1.165) is 16.7 Å². The summed E-state index contributed by atoms with van der Waals surface area (Å²) in [7, 11) is 1.76. The van der Waals surface area contributed by atoms with Crippen molar-refractivity contribution in [1.29, 1.82) is 0 Å². The Morgan fingerprint density at radius 2 is 1.87 bits per heavy atom. The fourth-order valence-electron chi connectivity index (χ4n) is 3.86. The van der Waals surface area contributed by atoms with Gasteiger partial charge in [0.1, 0.15) is 0 Å². The highest BCUT2D eigenvalue weighted by atomic mass is 32.1. The van der Waals surface area contributed by atoms with Crippen LogP contribution >= 0.6 is 11.3 Å². The molecule has 2 aromatic heterocycles. The van der Waals surface area contributed by atoms with Crippen LogP contribution in [0, 0.1) is 0 Å². The third-order valence-electron chi connectivity index (χ3n) is 5.22. The Labute approximate surface area is 178 Å². The number of hydrogen-bond donors (Lipinski definition) is 6. The molecular weight excluding hydrogens is 398 g/mol. The minimum Gasteiger partial charge on any atom is -0.331 e. The molecule has 4 rings (SSSR count). The molecule has 3 unspecified atom stereocenters. The number of pyridine rings is 1. The lowest BCUT2D eigenvalue weighted by Gasteiger charge is -2.39. The standard InChI is InChI=1S/C21H23N7OS/c1-23-28-20(27-22)14-6-4-13(5-7-14)18-17(16-8-10-30-12-16)19(26-21(29)25-18)15-3-2-9-24-11-15/h2-12,17-19,23H,22H2,1H3,(H,27,28)(H2,25,26,29)/p+1. The van der Waals surface area contributed by atoms with Crippen molar-refractivity contribution < 1.29 is 9.90 Å². The van der Waals surface area contributed by atoms with Gasteiger partial charge < -0.3 is 10.6 Å². The van der Waals surface area contributed by atoms with Crippen molar-refractivity contribution in [2.24, 2.45) is 5.84 Å². The molecule has 0 bridgehead atoms. The van der Waals surface area contributed by atoms with Crippen LogP contribution in [0.5, 0.6) is 0 Å². The van der Waals surface area contributed by atoms with Gasteiger partial charge in [0.25, 0.3) is 0 Å². The van der Waals surface area contributed by atoms with Gasteiger partial charge in [-0.15, -0.1) is 0 Å². The first-order valence-corrected chi connectivity index (χ1v) is 10.5. The lowest BCUT2D eigenvalue weighted by Crippen LogP contribution is -2.83. The van der Waals surface area contributed by atoms with E-state index in [9.17, 15) is 4.79 Å². The van der Waals surface area contributed by atoms with Crippen LogP contribution in [-0.2, 0) is 0 Å². The van der Waals surface area contributed by atoms with Crippen molar-refractivity contribution in [3.63, 3.8) is 0 Å². The second kappa shape index (κ2) is 8.93. The summed E-state index contributed by atoms with van der Waals surface area (Å²) in [4.78, 5) is 16.8. The maximum absolute atomic E-state index is 12.6. The van der Waals surface area contributed by atoms with E-state index in [1.165, 1.54) is 5.56 Å². The van der Waals surface area contributed by atoms with Gasteiger partial charge in [-0.25, -0.2) is 4.79 Å². The molecule has 8 nitrogen and oxygen atoms in total. The highest BCUT2D eigenvalue weighted by Gasteiger charge is 2.39.